The van der Waals surface area contributed by atoms with Gasteiger partial charge < -0.3 is 15.3 Å². The molecule has 1 heterocycles. The average molecular weight is 190 g/mol. The number of carboxylic acid groups (broad SMARTS) is 1. The zero-order valence-electron chi connectivity index (χ0n) is 6.37. The van der Waals surface area contributed by atoms with E-state index in [0.29, 0.717) is 0 Å². The fourth-order valence-electron chi connectivity index (χ4n) is 0.699. The van der Waals surface area contributed by atoms with Crippen molar-refractivity contribution in [1.82, 2.24) is 0 Å². The summed E-state index contributed by atoms with van der Waals surface area (Å²) in [5.41, 5.74) is 3.92. The SMILES string of the molecule is CC(N)(C(=O)O)c1ccc(Cl)o1. The lowest BCUT2D eigenvalue weighted by molar-refractivity contribution is -0.143. The Morgan fingerprint density at radius 2 is 2.33 bits per heavy atom. The number of aliphatic carboxylic acids is 1. The molecule has 0 aromatic carbocycles. The summed E-state index contributed by atoms with van der Waals surface area (Å²) in [6.45, 7) is 1.34. The van der Waals surface area contributed by atoms with E-state index in [2.05, 4.69) is 0 Å². The Morgan fingerprint density at radius 1 is 1.75 bits per heavy atom. The molecule has 4 nitrogen and oxygen atoms in total. The van der Waals surface area contributed by atoms with Crippen molar-refractivity contribution < 1.29 is 14.3 Å². The van der Waals surface area contributed by atoms with E-state index in [0.717, 1.165) is 0 Å². The topological polar surface area (TPSA) is 76.5 Å². The molecule has 0 fully saturated rings. The Bertz CT molecular complexity index is 305. The van der Waals surface area contributed by atoms with Crippen molar-refractivity contribution in [2.45, 2.75) is 12.5 Å². The summed E-state index contributed by atoms with van der Waals surface area (Å²) < 4.78 is 4.87. The molecule has 0 amide bonds. The first-order chi connectivity index (χ1) is 5.44. The number of hydrogen-bond acceptors (Lipinski definition) is 3. The first kappa shape index (κ1) is 9.09. The van der Waals surface area contributed by atoms with Gasteiger partial charge in [0.15, 0.2) is 10.8 Å². The Hall–Kier alpha value is -1.00. The van der Waals surface area contributed by atoms with Crippen LogP contribution in [0.5, 0.6) is 0 Å². The van der Waals surface area contributed by atoms with Crippen LogP contribution >= 0.6 is 11.6 Å². The lowest BCUT2D eigenvalue weighted by Gasteiger charge is -2.15. The third kappa shape index (κ3) is 1.44. The van der Waals surface area contributed by atoms with Gasteiger partial charge in [-0.25, -0.2) is 4.79 Å². The summed E-state index contributed by atoms with van der Waals surface area (Å²) in [6.07, 6.45) is 0. The number of furan rings is 1. The third-order valence-corrected chi connectivity index (χ3v) is 1.73. The summed E-state index contributed by atoms with van der Waals surface area (Å²) in [5.74, 6) is -1.02. The zero-order valence-corrected chi connectivity index (χ0v) is 7.13. The Balaban J connectivity index is 3.05. The Morgan fingerprint density at radius 3 is 2.67 bits per heavy atom. The fourth-order valence-corrected chi connectivity index (χ4v) is 0.845. The highest BCUT2D eigenvalue weighted by atomic mass is 35.5. The van der Waals surface area contributed by atoms with Gasteiger partial charge in [-0.15, -0.1) is 0 Å². The molecular weight excluding hydrogens is 182 g/mol. The van der Waals surface area contributed by atoms with Crippen LogP contribution in [0, 0.1) is 0 Å². The van der Waals surface area contributed by atoms with Crippen molar-refractivity contribution in [1.29, 1.82) is 0 Å². The third-order valence-electron chi connectivity index (χ3n) is 1.53. The number of carboxylic acids is 1. The van der Waals surface area contributed by atoms with Gasteiger partial charge in [0, 0.05) is 0 Å². The molecule has 5 heteroatoms. The van der Waals surface area contributed by atoms with Crippen molar-refractivity contribution in [3.63, 3.8) is 0 Å². The van der Waals surface area contributed by atoms with Gasteiger partial charge >= 0.3 is 5.97 Å². The number of hydrogen-bond donors (Lipinski definition) is 2. The van der Waals surface area contributed by atoms with Crippen LogP contribution in [0.3, 0.4) is 0 Å². The summed E-state index contributed by atoms with van der Waals surface area (Å²) >= 11 is 5.46. The standard InChI is InChI=1S/C7H8ClNO3/c1-7(9,6(10)11)4-2-3-5(8)12-4/h2-3H,9H2,1H3,(H,10,11). The predicted molar refractivity (Wildman–Crippen MR) is 42.9 cm³/mol. The average Bonchev–Trinajstić information content (AvgIpc) is 2.35. The maximum absolute atomic E-state index is 10.6. The highest BCUT2D eigenvalue weighted by molar-refractivity contribution is 6.28. The molecule has 12 heavy (non-hydrogen) atoms. The summed E-state index contributed by atoms with van der Waals surface area (Å²) in [7, 11) is 0. The molecule has 0 aliphatic rings. The van der Waals surface area contributed by atoms with Crippen LogP contribution in [0.4, 0.5) is 0 Å². The molecule has 0 saturated carbocycles. The molecule has 0 saturated heterocycles. The minimum absolute atomic E-state index is 0.128. The molecule has 0 bridgehead atoms. The second-order valence-corrected chi connectivity index (χ2v) is 2.98. The van der Waals surface area contributed by atoms with E-state index in [-0.39, 0.29) is 11.0 Å². The van der Waals surface area contributed by atoms with E-state index in [1.807, 2.05) is 0 Å². The predicted octanol–water partition coefficient (Wildman–Crippen LogP) is 1.19. The van der Waals surface area contributed by atoms with Crippen LogP contribution < -0.4 is 5.73 Å². The van der Waals surface area contributed by atoms with Gasteiger partial charge in [-0.3, -0.25) is 0 Å². The maximum Gasteiger partial charge on any atom is 0.331 e. The van der Waals surface area contributed by atoms with Gasteiger partial charge in [0.2, 0.25) is 0 Å². The van der Waals surface area contributed by atoms with Gasteiger partial charge in [0.1, 0.15) is 5.76 Å². The number of halogens is 1. The van der Waals surface area contributed by atoms with Crippen LogP contribution in [0.15, 0.2) is 16.5 Å². The molecule has 1 aromatic heterocycles. The van der Waals surface area contributed by atoms with Crippen LogP contribution in [-0.2, 0) is 10.3 Å². The van der Waals surface area contributed by atoms with Gasteiger partial charge in [0.25, 0.3) is 0 Å². The minimum atomic E-state index is -1.52. The molecular formula is C7H8ClNO3. The summed E-state index contributed by atoms with van der Waals surface area (Å²) in [5, 5.41) is 8.80. The molecule has 0 spiro atoms. The van der Waals surface area contributed by atoms with Crippen molar-refractivity contribution in [3.05, 3.63) is 23.1 Å². The van der Waals surface area contributed by atoms with E-state index < -0.39 is 11.5 Å². The van der Waals surface area contributed by atoms with Crippen molar-refractivity contribution in [3.8, 4) is 0 Å². The van der Waals surface area contributed by atoms with Crippen molar-refractivity contribution >= 4 is 17.6 Å². The van der Waals surface area contributed by atoms with Crippen molar-refractivity contribution in [2.75, 3.05) is 0 Å². The fraction of sp³-hybridized carbons (Fsp3) is 0.286. The molecule has 0 aliphatic carbocycles. The van der Waals surface area contributed by atoms with E-state index in [9.17, 15) is 4.79 Å². The summed E-state index contributed by atoms with van der Waals surface area (Å²) in [4.78, 5) is 10.6. The minimum Gasteiger partial charge on any atom is -0.480 e. The second kappa shape index (κ2) is 2.80. The number of carbonyl (C=O) groups is 1. The molecule has 0 aliphatic heterocycles. The highest BCUT2D eigenvalue weighted by Gasteiger charge is 2.33. The lowest BCUT2D eigenvalue weighted by atomic mass is 10.0. The normalized spacial score (nSPS) is 15.6. The lowest BCUT2D eigenvalue weighted by Crippen LogP contribution is -2.41. The van der Waals surface area contributed by atoms with Gasteiger partial charge in [-0.05, 0) is 30.7 Å². The molecule has 1 aromatic rings. The molecule has 66 valence electrons. The molecule has 1 unspecified atom stereocenters. The maximum atomic E-state index is 10.6. The molecule has 1 atom stereocenters. The van der Waals surface area contributed by atoms with E-state index in [1.54, 1.807) is 0 Å². The van der Waals surface area contributed by atoms with Gasteiger partial charge in [0.05, 0.1) is 0 Å². The van der Waals surface area contributed by atoms with Crippen LogP contribution in [0.25, 0.3) is 0 Å². The van der Waals surface area contributed by atoms with Gasteiger partial charge in [-0.1, -0.05) is 0 Å². The van der Waals surface area contributed by atoms with E-state index >= 15 is 0 Å². The van der Waals surface area contributed by atoms with Crippen molar-refractivity contribution in [2.24, 2.45) is 5.73 Å². The first-order valence-corrected chi connectivity index (χ1v) is 3.60. The molecule has 1 rings (SSSR count). The highest BCUT2D eigenvalue weighted by Crippen LogP contribution is 2.22. The Kier molecular flexibility index (Phi) is 2.12. The van der Waals surface area contributed by atoms with Gasteiger partial charge in [-0.2, -0.15) is 0 Å². The molecule has 3 N–H and O–H groups in total. The zero-order chi connectivity index (χ0) is 9.35. The van der Waals surface area contributed by atoms with Crippen LogP contribution in [0.1, 0.15) is 12.7 Å². The summed E-state index contributed by atoms with van der Waals surface area (Å²) in [6, 6.07) is 2.89. The number of rotatable bonds is 2. The van der Waals surface area contributed by atoms with E-state index in [4.69, 9.17) is 26.9 Å². The second-order valence-electron chi connectivity index (χ2n) is 2.61. The van der Waals surface area contributed by atoms with Crippen LogP contribution in [-0.4, -0.2) is 11.1 Å². The quantitative estimate of drug-likeness (QED) is 0.733. The number of nitrogens with two attached hydrogens (primary N) is 1. The Labute approximate surface area is 73.9 Å². The van der Waals surface area contributed by atoms with E-state index in [1.165, 1.54) is 19.1 Å². The largest absolute Gasteiger partial charge is 0.480 e. The van der Waals surface area contributed by atoms with Crippen LogP contribution in [0.2, 0.25) is 5.22 Å². The monoisotopic (exact) mass is 189 g/mol. The first-order valence-electron chi connectivity index (χ1n) is 3.22. The smallest absolute Gasteiger partial charge is 0.331 e. The molecule has 0 radical (unpaired) electrons.